The molecule has 6 atom stereocenters. The van der Waals surface area contributed by atoms with E-state index in [0.29, 0.717) is 17.8 Å². The van der Waals surface area contributed by atoms with Crippen LogP contribution in [0, 0.1) is 23.7 Å². The molecule has 0 bridgehead atoms. The molecule has 27 heavy (non-hydrogen) atoms. The van der Waals surface area contributed by atoms with Crippen molar-refractivity contribution in [3.05, 3.63) is 23.8 Å². The number of carbonyl (C=O) groups is 1. The minimum atomic E-state index is -0.719. The highest BCUT2D eigenvalue weighted by molar-refractivity contribution is 5.66. The van der Waals surface area contributed by atoms with Gasteiger partial charge in [-0.15, -0.1) is 0 Å². The fraction of sp³-hybridized carbons (Fsp3) is 0.783. The van der Waals surface area contributed by atoms with E-state index < -0.39 is 12.1 Å². The molecule has 2 unspecified atom stereocenters. The Bertz CT molecular complexity index is 524. The fourth-order valence-electron chi connectivity index (χ4n) is 4.84. The molecule has 1 fully saturated rings. The molecule has 154 valence electrons. The van der Waals surface area contributed by atoms with E-state index in [1.54, 1.807) is 0 Å². The molecule has 4 nitrogen and oxygen atoms in total. The Morgan fingerprint density at radius 1 is 1.33 bits per heavy atom. The Kier molecular flexibility index (Phi) is 9.04. The number of unbranched alkanes of at least 4 members (excludes halogenated alkanes) is 2. The predicted octanol–water partition coefficient (Wildman–Crippen LogP) is 4.71. The molecule has 0 saturated heterocycles. The molecule has 0 aliphatic heterocycles. The number of fused-ring (bicyclic) bond motifs is 1. The summed E-state index contributed by atoms with van der Waals surface area (Å²) in [5.41, 5.74) is 1.43. The van der Waals surface area contributed by atoms with Crippen LogP contribution in [-0.4, -0.2) is 33.5 Å². The molecule has 1 saturated carbocycles. The van der Waals surface area contributed by atoms with E-state index in [1.807, 2.05) is 6.08 Å². The van der Waals surface area contributed by atoms with Gasteiger partial charge in [-0.3, -0.25) is 4.79 Å². The average Bonchev–Trinajstić information content (AvgIpc) is 3.11. The van der Waals surface area contributed by atoms with Gasteiger partial charge in [-0.05, 0) is 56.3 Å². The van der Waals surface area contributed by atoms with E-state index in [0.717, 1.165) is 44.9 Å². The highest BCUT2D eigenvalue weighted by atomic mass is 16.4. The zero-order valence-electron chi connectivity index (χ0n) is 17.0. The van der Waals surface area contributed by atoms with Gasteiger partial charge in [0, 0.05) is 12.3 Å². The number of aliphatic carboxylic acids is 1. The van der Waals surface area contributed by atoms with E-state index in [-0.39, 0.29) is 18.4 Å². The van der Waals surface area contributed by atoms with E-state index in [2.05, 4.69) is 26.0 Å². The summed E-state index contributed by atoms with van der Waals surface area (Å²) in [5, 5.41) is 29.5. The number of allylic oxidation sites excluding steroid dienone is 2. The number of aliphatic hydroxyl groups is 2. The van der Waals surface area contributed by atoms with Gasteiger partial charge in [-0.1, -0.05) is 56.9 Å². The molecule has 0 aromatic heterocycles. The van der Waals surface area contributed by atoms with Gasteiger partial charge in [0.05, 0.1) is 12.2 Å². The molecule has 2 aliphatic rings. The van der Waals surface area contributed by atoms with Gasteiger partial charge in [-0.2, -0.15) is 0 Å². The van der Waals surface area contributed by atoms with Crippen molar-refractivity contribution < 1.29 is 20.1 Å². The number of hydrogen-bond donors (Lipinski definition) is 3. The summed E-state index contributed by atoms with van der Waals surface area (Å²) < 4.78 is 0. The summed E-state index contributed by atoms with van der Waals surface area (Å²) in [7, 11) is 0. The first-order chi connectivity index (χ1) is 12.9. The van der Waals surface area contributed by atoms with Crippen LogP contribution in [0.5, 0.6) is 0 Å². The number of carboxylic acids is 1. The van der Waals surface area contributed by atoms with Crippen LogP contribution in [0.25, 0.3) is 0 Å². The van der Waals surface area contributed by atoms with Crippen LogP contribution in [0.2, 0.25) is 0 Å². The third-order valence-corrected chi connectivity index (χ3v) is 6.34. The van der Waals surface area contributed by atoms with Crippen molar-refractivity contribution in [3.63, 3.8) is 0 Å². The third kappa shape index (κ3) is 7.08. The molecule has 0 spiro atoms. The van der Waals surface area contributed by atoms with Crippen molar-refractivity contribution in [1.29, 1.82) is 0 Å². The lowest BCUT2D eigenvalue weighted by Crippen LogP contribution is -2.18. The summed E-state index contributed by atoms with van der Waals surface area (Å²) >= 11 is 0. The van der Waals surface area contributed by atoms with Gasteiger partial charge in [0.15, 0.2) is 0 Å². The van der Waals surface area contributed by atoms with E-state index in [1.165, 1.54) is 18.4 Å². The van der Waals surface area contributed by atoms with Crippen LogP contribution in [0.3, 0.4) is 0 Å². The first-order valence-corrected chi connectivity index (χ1v) is 10.9. The van der Waals surface area contributed by atoms with Crippen molar-refractivity contribution in [2.45, 2.75) is 90.3 Å². The fourth-order valence-corrected chi connectivity index (χ4v) is 4.84. The molecule has 0 radical (unpaired) electrons. The number of aliphatic hydroxyl groups excluding tert-OH is 2. The van der Waals surface area contributed by atoms with Crippen molar-refractivity contribution in [1.82, 2.24) is 0 Å². The van der Waals surface area contributed by atoms with Crippen molar-refractivity contribution in [2.75, 3.05) is 0 Å². The smallest absolute Gasteiger partial charge is 0.303 e. The second kappa shape index (κ2) is 11.0. The van der Waals surface area contributed by atoms with Crippen LogP contribution in [-0.2, 0) is 4.79 Å². The molecule has 2 rings (SSSR count). The Morgan fingerprint density at radius 2 is 2.11 bits per heavy atom. The van der Waals surface area contributed by atoms with Crippen molar-refractivity contribution in [3.8, 4) is 0 Å². The maximum absolute atomic E-state index is 10.6. The molecular formula is C23H38O4. The molecule has 4 heteroatoms. The van der Waals surface area contributed by atoms with Crippen LogP contribution in [0.4, 0.5) is 0 Å². The molecule has 0 aromatic carbocycles. The molecule has 0 heterocycles. The Hall–Kier alpha value is -1.13. The van der Waals surface area contributed by atoms with Gasteiger partial charge in [0.2, 0.25) is 0 Å². The highest BCUT2D eigenvalue weighted by Crippen LogP contribution is 2.48. The number of hydrogen-bond acceptors (Lipinski definition) is 3. The first kappa shape index (κ1) is 22.2. The molecule has 2 aliphatic carbocycles. The van der Waals surface area contributed by atoms with Gasteiger partial charge in [0.25, 0.3) is 0 Å². The second-order valence-electron chi connectivity index (χ2n) is 8.77. The standard InChI is InChI=1S/C23H38O4/c1-3-4-7-16(2)12-19(24)10-11-20-21-14-17(8-5-6-9-23(26)27)13-18(21)15-22(20)25/h10-11,13,16,18-22,24-25H,3-9,12,14-15H2,1-2H3,(H,26,27)/b11-10+/t16-,18?,19+,20+,21?,22+/m0/s1. The Morgan fingerprint density at radius 3 is 2.81 bits per heavy atom. The number of carboxylic acid groups (broad SMARTS) is 1. The Balaban J connectivity index is 1.79. The maximum Gasteiger partial charge on any atom is 0.303 e. The highest BCUT2D eigenvalue weighted by Gasteiger charge is 2.43. The third-order valence-electron chi connectivity index (χ3n) is 6.34. The van der Waals surface area contributed by atoms with Gasteiger partial charge in [0.1, 0.15) is 0 Å². The minimum absolute atomic E-state index is 0.128. The van der Waals surface area contributed by atoms with Gasteiger partial charge in [-0.25, -0.2) is 0 Å². The van der Waals surface area contributed by atoms with Crippen LogP contribution >= 0.6 is 0 Å². The zero-order valence-corrected chi connectivity index (χ0v) is 17.0. The summed E-state index contributed by atoms with van der Waals surface area (Å²) in [5.74, 6) is 0.808. The first-order valence-electron chi connectivity index (χ1n) is 10.9. The van der Waals surface area contributed by atoms with Crippen molar-refractivity contribution in [2.24, 2.45) is 23.7 Å². The van der Waals surface area contributed by atoms with E-state index >= 15 is 0 Å². The maximum atomic E-state index is 10.6. The molecule has 3 N–H and O–H groups in total. The zero-order chi connectivity index (χ0) is 19.8. The summed E-state index contributed by atoms with van der Waals surface area (Å²) in [6, 6.07) is 0. The largest absolute Gasteiger partial charge is 0.481 e. The topological polar surface area (TPSA) is 77.8 Å². The van der Waals surface area contributed by atoms with Crippen LogP contribution < -0.4 is 0 Å². The summed E-state index contributed by atoms with van der Waals surface area (Å²) in [6.45, 7) is 4.39. The predicted molar refractivity (Wildman–Crippen MR) is 108 cm³/mol. The quantitative estimate of drug-likeness (QED) is 0.339. The second-order valence-corrected chi connectivity index (χ2v) is 8.77. The minimum Gasteiger partial charge on any atom is -0.481 e. The molecule has 0 amide bonds. The van der Waals surface area contributed by atoms with Crippen LogP contribution in [0.15, 0.2) is 23.8 Å². The number of rotatable bonds is 12. The lowest BCUT2D eigenvalue weighted by Gasteiger charge is -2.19. The summed E-state index contributed by atoms with van der Waals surface area (Å²) in [6.07, 6.45) is 14.6. The van der Waals surface area contributed by atoms with E-state index in [9.17, 15) is 15.0 Å². The lowest BCUT2D eigenvalue weighted by molar-refractivity contribution is -0.137. The normalized spacial score (nSPS) is 29.7. The van der Waals surface area contributed by atoms with Gasteiger partial charge >= 0.3 is 5.97 Å². The van der Waals surface area contributed by atoms with Crippen LogP contribution in [0.1, 0.15) is 78.1 Å². The summed E-state index contributed by atoms with van der Waals surface area (Å²) in [4.78, 5) is 10.6. The SMILES string of the molecule is CCCC[C@H](C)C[C@H](O)/C=C/[C@@H]1C2CC(CCCCC(=O)O)=CC2C[C@H]1O. The van der Waals surface area contributed by atoms with Gasteiger partial charge < -0.3 is 15.3 Å². The molecule has 0 aromatic rings. The lowest BCUT2D eigenvalue weighted by atomic mass is 9.88. The monoisotopic (exact) mass is 378 g/mol. The van der Waals surface area contributed by atoms with E-state index in [4.69, 9.17) is 5.11 Å². The Labute approximate surface area is 164 Å². The molecular weight excluding hydrogens is 340 g/mol. The average molecular weight is 379 g/mol. The van der Waals surface area contributed by atoms with Crippen molar-refractivity contribution >= 4 is 5.97 Å².